The van der Waals surface area contributed by atoms with Gasteiger partial charge in [-0.2, -0.15) is 4.31 Å². The first-order chi connectivity index (χ1) is 4.61. The first kappa shape index (κ1) is 7.97. The lowest BCUT2D eigenvalue weighted by atomic mass is 10.4. The van der Waals surface area contributed by atoms with E-state index < -0.39 is 10.0 Å². The molecular weight excluding hydrogens is 152 g/mol. The molecule has 59 valence electrons. The zero-order valence-electron chi connectivity index (χ0n) is 5.87. The summed E-state index contributed by atoms with van der Waals surface area (Å²) in [5, 5.41) is 2.96. The number of nitrogens with one attached hydrogen (secondary N) is 1. The fourth-order valence-electron chi connectivity index (χ4n) is 0.850. The standard InChI is InChI=1S/C5H11N2O2S/c1-10(8,9)7-4-2-6-3-5-7/h2,6H,3-5H2,1H3. The molecule has 0 spiro atoms. The van der Waals surface area contributed by atoms with E-state index in [9.17, 15) is 8.42 Å². The Labute approximate surface area is 61.3 Å². The fourth-order valence-corrected chi connectivity index (χ4v) is 1.62. The minimum atomic E-state index is -2.96. The van der Waals surface area contributed by atoms with Gasteiger partial charge in [-0.25, -0.2) is 8.42 Å². The van der Waals surface area contributed by atoms with Gasteiger partial charge < -0.3 is 5.32 Å². The van der Waals surface area contributed by atoms with Crippen LogP contribution >= 0.6 is 0 Å². The lowest BCUT2D eigenvalue weighted by Crippen LogP contribution is -2.43. The molecule has 1 radical (unpaired) electrons. The van der Waals surface area contributed by atoms with Gasteiger partial charge in [0, 0.05) is 26.2 Å². The average molecular weight is 163 g/mol. The molecule has 5 heteroatoms. The first-order valence-electron chi connectivity index (χ1n) is 3.11. The molecule has 0 amide bonds. The van der Waals surface area contributed by atoms with E-state index in [1.807, 2.05) is 0 Å². The van der Waals surface area contributed by atoms with Gasteiger partial charge >= 0.3 is 0 Å². The van der Waals surface area contributed by atoms with Crippen molar-refractivity contribution in [2.75, 3.05) is 25.9 Å². The van der Waals surface area contributed by atoms with E-state index in [2.05, 4.69) is 5.32 Å². The van der Waals surface area contributed by atoms with Gasteiger partial charge in [0.05, 0.1) is 6.26 Å². The summed E-state index contributed by atoms with van der Waals surface area (Å²) in [7, 11) is -2.96. The summed E-state index contributed by atoms with van der Waals surface area (Å²) in [6.45, 7) is 3.53. The van der Waals surface area contributed by atoms with Crippen molar-refractivity contribution in [2.24, 2.45) is 0 Å². The number of hydrogen-bond donors (Lipinski definition) is 1. The van der Waals surface area contributed by atoms with Gasteiger partial charge in [0.25, 0.3) is 0 Å². The van der Waals surface area contributed by atoms with E-state index in [0.29, 0.717) is 19.6 Å². The minimum absolute atomic E-state index is 0.485. The molecule has 0 unspecified atom stereocenters. The molecular formula is C5H11N2O2S. The Hall–Kier alpha value is -0.130. The van der Waals surface area contributed by atoms with Gasteiger partial charge in [-0.3, -0.25) is 0 Å². The number of piperazine rings is 1. The van der Waals surface area contributed by atoms with Crippen LogP contribution in [0.15, 0.2) is 0 Å². The van der Waals surface area contributed by atoms with Crippen molar-refractivity contribution in [1.82, 2.24) is 9.62 Å². The highest BCUT2D eigenvalue weighted by molar-refractivity contribution is 7.88. The molecule has 1 aliphatic rings. The summed E-state index contributed by atoms with van der Waals surface area (Å²) in [6, 6.07) is 0. The summed E-state index contributed by atoms with van der Waals surface area (Å²) in [5.74, 6) is 0. The summed E-state index contributed by atoms with van der Waals surface area (Å²) in [6.07, 6.45) is 1.23. The van der Waals surface area contributed by atoms with Crippen molar-refractivity contribution < 1.29 is 8.42 Å². The van der Waals surface area contributed by atoms with Crippen LogP contribution in [-0.2, 0) is 10.0 Å². The van der Waals surface area contributed by atoms with E-state index >= 15 is 0 Å². The highest BCUT2D eigenvalue weighted by atomic mass is 32.2. The van der Waals surface area contributed by atoms with Gasteiger partial charge in [-0.1, -0.05) is 0 Å². The van der Waals surface area contributed by atoms with E-state index in [1.165, 1.54) is 10.6 Å². The monoisotopic (exact) mass is 163 g/mol. The van der Waals surface area contributed by atoms with E-state index in [1.54, 1.807) is 6.54 Å². The van der Waals surface area contributed by atoms with Crippen LogP contribution in [0, 0.1) is 6.54 Å². The van der Waals surface area contributed by atoms with Crippen LogP contribution in [0.4, 0.5) is 0 Å². The van der Waals surface area contributed by atoms with Crippen LogP contribution in [0.2, 0.25) is 0 Å². The normalized spacial score (nSPS) is 22.9. The lowest BCUT2D eigenvalue weighted by molar-refractivity contribution is 0.393. The second kappa shape index (κ2) is 2.86. The highest BCUT2D eigenvalue weighted by Crippen LogP contribution is 2.00. The number of nitrogens with zero attached hydrogens (tertiary/aromatic N) is 1. The zero-order chi connectivity index (χ0) is 7.61. The largest absolute Gasteiger partial charge is 0.310 e. The van der Waals surface area contributed by atoms with Crippen LogP contribution in [0.1, 0.15) is 0 Å². The van der Waals surface area contributed by atoms with Crippen molar-refractivity contribution in [1.29, 1.82) is 0 Å². The van der Waals surface area contributed by atoms with Crippen molar-refractivity contribution in [2.45, 2.75) is 0 Å². The SMILES string of the molecule is CS(=O)(=O)N1C[CH]NCC1. The number of rotatable bonds is 1. The third-order valence-electron chi connectivity index (χ3n) is 1.41. The Bertz CT molecular complexity index is 194. The predicted octanol–water partition coefficient (Wildman–Crippen LogP) is -0.987. The first-order valence-corrected chi connectivity index (χ1v) is 4.96. The molecule has 1 rings (SSSR count). The molecule has 4 nitrogen and oxygen atoms in total. The van der Waals surface area contributed by atoms with E-state index in [-0.39, 0.29) is 0 Å². The minimum Gasteiger partial charge on any atom is -0.310 e. The maximum absolute atomic E-state index is 10.9. The Morgan fingerprint density at radius 1 is 1.60 bits per heavy atom. The lowest BCUT2D eigenvalue weighted by Gasteiger charge is -2.24. The van der Waals surface area contributed by atoms with Crippen LogP contribution in [0.25, 0.3) is 0 Å². The zero-order valence-corrected chi connectivity index (χ0v) is 6.69. The Kier molecular flexibility index (Phi) is 2.28. The smallest absolute Gasteiger partial charge is 0.211 e. The molecule has 1 heterocycles. The van der Waals surface area contributed by atoms with Crippen molar-refractivity contribution in [3.05, 3.63) is 6.54 Å². The molecule has 1 fully saturated rings. The summed E-state index contributed by atoms with van der Waals surface area (Å²) < 4.78 is 23.2. The fraction of sp³-hybridized carbons (Fsp3) is 0.800. The second-order valence-electron chi connectivity index (χ2n) is 2.28. The molecule has 10 heavy (non-hydrogen) atoms. The highest BCUT2D eigenvalue weighted by Gasteiger charge is 2.18. The topological polar surface area (TPSA) is 49.4 Å². The van der Waals surface area contributed by atoms with Gasteiger partial charge in [-0.15, -0.1) is 0 Å². The summed E-state index contributed by atoms with van der Waals surface area (Å²) in [4.78, 5) is 0. The van der Waals surface area contributed by atoms with Crippen LogP contribution < -0.4 is 5.32 Å². The molecule has 0 atom stereocenters. The van der Waals surface area contributed by atoms with Crippen molar-refractivity contribution in [3.63, 3.8) is 0 Å². The number of sulfonamides is 1. The Morgan fingerprint density at radius 2 is 2.30 bits per heavy atom. The maximum Gasteiger partial charge on any atom is 0.211 e. The van der Waals surface area contributed by atoms with Gasteiger partial charge in [0.2, 0.25) is 10.0 Å². The summed E-state index contributed by atoms with van der Waals surface area (Å²) >= 11 is 0. The third-order valence-corrected chi connectivity index (χ3v) is 2.68. The molecule has 0 saturated carbocycles. The van der Waals surface area contributed by atoms with Crippen molar-refractivity contribution in [3.8, 4) is 0 Å². The van der Waals surface area contributed by atoms with Gasteiger partial charge in [0.1, 0.15) is 0 Å². The molecule has 0 aliphatic carbocycles. The molecule has 0 bridgehead atoms. The Balaban J connectivity index is 2.56. The van der Waals surface area contributed by atoms with Crippen LogP contribution in [0.5, 0.6) is 0 Å². The van der Waals surface area contributed by atoms with Crippen molar-refractivity contribution >= 4 is 10.0 Å². The van der Waals surface area contributed by atoms with Crippen LogP contribution in [-0.4, -0.2) is 38.6 Å². The van der Waals surface area contributed by atoms with Gasteiger partial charge in [-0.05, 0) is 0 Å². The molecule has 1 aliphatic heterocycles. The van der Waals surface area contributed by atoms with E-state index in [4.69, 9.17) is 0 Å². The molecule has 0 aromatic rings. The summed E-state index contributed by atoms with van der Waals surface area (Å²) in [5.41, 5.74) is 0. The number of hydrogen-bond acceptors (Lipinski definition) is 3. The second-order valence-corrected chi connectivity index (χ2v) is 4.26. The molecule has 0 aromatic heterocycles. The predicted molar refractivity (Wildman–Crippen MR) is 38.7 cm³/mol. The quantitative estimate of drug-likeness (QED) is 0.540. The third kappa shape index (κ3) is 1.93. The average Bonchev–Trinajstić information content (AvgIpc) is 1.88. The van der Waals surface area contributed by atoms with E-state index in [0.717, 1.165) is 0 Å². The molecule has 1 N–H and O–H groups in total. The van der Waals surface area contributed by atoms with Crippen LogP contribution in [0.3, 0.4) is 0 Å². The van der Waals surface area contributed by atoms with Gasteiger partial charge in [0.15, 0.2) is 0 Å². The Morgan fingerprint density at radius 3 is 2.60 bits per heavy atom. The molecule has 1 saturated heterocycles. The maximum atomic E-state index is 10.9. The molecule has 0 aromatic carbocycles.